The fourth-order valence-corrected chi connectivity index (χ4v) is 7.79. The van der Waals surface area contributed by atoms with E-state index in [0.717, 1.165) is 24.0 Å². The molecule has 3 aromatic carbocycles. The number of allylic oxidation sites excluding steroid dienone is 2. The quantitative estimate of drug-likeness (QED) is 0.117. The number of rotatable bonds is 10. The highest BCUT2D eigenvalue weighted by atomic mass is 16.5. The molecular weight excluding hydrogens is 616 g/mol. The monoisotopic (exact) mass is 668 g/mol. The summed E-state index contributed by atoms with van der Waals surface area (Å²) >= 11 is 0. The van der Waals surface area contributed by atoms with Crippen molar-refractivity contribution in [3.8, 4) is 5.75 Å². The van der Waals surface area contributed by atoms with Crippen molar-refractivity contribution in [2.24, 2.45) is 5.41 Å². The largest absolute Gasteiger partial charge is 0.497 e. The van der Waals surface area contributed by atoms with Crippen LogP contribution in [-0.4, -0.2) is 72.5 Å². The first-order chi connectivity index (χ1) is 23.6. The summed E-state index contributed by atoms with van der Waals surface area (Å²) in [5, 5.41) is 26.8. The zero-order valence-corrected chi connectivity index (χ0v) is 29.4. The molecular formula is C41H52N2O6. The number of anilines is 1. The number of amides is 2. The number of benzene rings is 3. The number of ketones is 1. The molecule has 8 heteroatoms. The molecule has 2 bridgehead atoms. The second-order valence-corrected chi connectivity index (χ2v) is 14.1. The lowest BCUT2D eigenvalue weighted by Gasteiger charge is -2.46. The van der Waals surface area contributed by atoms with Crippen molar-refractivity contribution in [3.63, 3.8) is 0 Å². The predicted octanol–water partition coefficient (Wildman–Crippen LogP) is 7.54. The van der Waals surface area contributed by atoms with Crippen LogP contribution in [0.1, 0.15) is 91.8 Å². The number of carbonyl (C=O) groups excluding carboxylic acids is 2. The number of urea groups is 1. The molecule has 3 N–H and O–H groups in total. The molecule has 0 heterocycles. The first-order valence-corrected chi connectivity index (χ1v) is 17.5. The van der Waals surface area contributed by atoms with Gasteiger partial charge in [0.25, 0.3) is 0 Å². The predicted molar refractivity (Wildman–Crippen MR) is 193 cm³/mol. The van der Waals surface area contributed by atoms with Gasteiger partial charge in [-0.1, -0.05) is 61.0 Å². The van der Waals surface area contributed by atoms with E-state index in [1.807, 2.05) is 48.5 Å². The molecule has 0 spiro atoms. The Hall–Kier alpha value is -3.98. The van der Waals surface area contributed by atoms with E-state index >= 15 is 0 Å². The van der Waals surface area contributed by atoms with Gasteiger partial charge in [-0.05, 0) is 106 Å². The number of aliphatic hydroxyl groups excluding tert-OH is 1. The lowest BCUT2D eigenvalue weighted by atomic mass is 9.64. The topological polar surface area (TPSA) is 108 Å². The van der Waals surface area contributed by atoms with Crippen molar-refractivity contribution in [1.29, 1.82) is 0 Å². The third kappa shape index (κ3) is 8.43. The van der Waals surface area contributed by atoms with E-state index in [2.05, 4.69) is 25.2 Å². The van der Waals surface area contributed by atoms with Gasteiger partial charge < -0.3 is 29.9 Å². The van der Waals surface area contributed by atoms with Gasteiger partial charge in [0.15, 0.2) is 5.78 Å². The van der Waals surface area contributed by atoms with E-state index < -0.39 is 17.1 Å². The van der Waals surface area contributed by atoms with Gasteiger partial charge in [0, 0.05) is 42.5 Å². The number of fused-ring (bicyclic) bond motifs is 8. The Labute approximate surface area is 291 Å². The Morgan fingerprint density at radius 1 is 1.00 bits per heavy atom. The third-order valence-electron chi connectivity index (χ3n) is 10.8. The average Bonchev–Trinajstić information content (AvgIpc) is 3.36. The lowest BCUT2D eigenvalue weighted by Crippen LogP contribution is -2.54. The number of nitrogens with one attached hydrogen (secondary N) is 1. The Morgan fingerprint density at radius 3 is 2.47 bits per heavy atom. The van der Waals surface area contributed by atoms with Crippen LogP contribution in [-0.2, 0) is 11.2 Å². The SMILES string of the molecule is COCCCN(C[C@]1(O)CC[C@H]2c3ccc(cc3C(=O)c3ccccc3)C[C@@H](O)CCC(C)=CCC[C@@]21C)C(=O)Nc1ccc(OC)cc1. The fourth-order valence-electron chi connectivity index (χ4n) is 7.79. The molecule has 1 fully saturated rings. The highest BCUT2D eigenvalue weighted by Gasteiger charge is 2.57. The molecule has 0 saturated heterocycles. The Balaban J connectivity index is 1.54. The first kappa shape index (κ1) is 36.3. The van der Waals surface area contributed by atoms with Crippen molar-refractivity contribution in [3.05, 3.63) is 107 Å². The molecule has 0 aliphatic heterocycles. The molecule has 3 aliphatic carbocycles. The number of ether oxygens (including phenoxy) is 2. The van der Waals surface area contributed by atoms with Crippen molar-refractivity contribution in [2.45, 2.75) is 82.8 Å². The number of aliphatic hydroxyl groups is 2. The summed E-state index contributed by atoms with van der Waals surface area (Å²) in [6, 6.07) is 22.3. The first-order valence-electron chi connectivity index (χ1n) is 17.5. The van der Waals surface area contributed by atoms with Crippen LogP contribution in [0.2, 0.25) is 0 Å². The van der Waals surface area contributed by atoms with Crippen molar-refractivity contribution in [1.82, 2.24) is 4.90 Å². The second kappa shape index (κ2) is 16.2. The van der Waals surface area contributed by atoms with E-state index in [4.69, 9.17) is 9.47 Å². The van der Waals surface area contributed by atoms with Crippen LogP contribution >= 0.6 is 0 Å². The van der Waals surface area contributed by atoms with Gasteiger partial charge in [-0.15, -0.1) is 0 Å². The zero-order valence-electron chi connectivity index (χ0n) is 29.4. The minimum absolute atomic E-state index is 0.0624. The average molecular weight is 669 g/mol. The Bertz CT molecular complexity index is 1610. The molecule has 49 heavy (non-hydrogen) atoms. The summed E-state index contributed by atoms with van der Waals surface area (Å²) in [6.45, 7) is 5.28. The molecule has 8 nitrogen and oxygen atoms in total. The maximum atomic E-state index is 14.2. The van der Waals surface area contributed by atoms with Crippen LogP contribution in [0.25, 0.3) is 0 Å². The molecule has 0 radical (unpaired) electrons. The normalized spacial score (nSPS) is 24.0. The van der Waals surface area contributed by atoms with E-state index in [9.17, 15) is 19.8 Å². The number of carbonyl (C=O) groups is 2. The summed E-state index contributed by atoms with van der Waals surface area (Å²) < 4.78 is 10.6. The van der Waals surface area contributed by atoms with E-state index in [1.165, 1.54) is 5.57 Å². The minimum Gasteiger partial charge on any atom is -0.497 e. The van der Waals surface area contributed by atoms with Crippen LogP contribution in [0.15, 0.2) is 84.4 Å². The van der Waals surface area contributed by atoms with Gasteiger partial charge in [-0.2, -0.15) is 0 Å². The molecule has 1 saturated carbocycles. The highest BCUT2D eigenvalue weighted by Crippen LogP contribution is 2.59. The smallest absolute Gasteiger partial charge is 0.321 e. The molecule has 6 rings (SSSR count). The maximum absolute atomic E-state index is 14.2. The minimum atomic E-state index is -1.23. The summed E-state index contributed by atoms with van der Waals surface area (Å²) in [6.07, 6.45) is 6.76. The van der Waals surface area contributed by atoms with Gasteiger partial charge in [0.05, 0.1) is 25.4 Å². The molecule has 2 amide bonds. The second-order valence-electron chi connectivity index (χ2n) is 14.1. The molecule has 4 atom stereocenters. The summed E-state index contributed by atoms with van der Waals surface area (Å²) in [7, 11) is 3.24. The van der Waals surface area contributed by atoms with Crippen LogP contribution < -0.4 is 10.1 Å². The van der Waals surface area contributed by atoms with E-state index in [0.29, 0.717) is 74.2 Å². The molecule has 262 valence electrons. The van der Waals surface area contributed by atoms with Gasteiger partial charge in [0.1, 0.15) is 5.75 Å². The van der Waals surface area contributed by atoms with Crippen molar-refractivity contribution >= 4 is 17.5 Å². The Kier molecular flexibility index (Phi) is 12.0. The highest BCUT2D eigenvalue weighted by molar-refractivity contribution is 6.10. The number of hydrogen-bond acceptors (Lipinski definition) is 6. The van der Waals surface area contributed by atoms with E-state index in [1.54, 1.807) is 43.4 Å². The number of methoxy groups -OCH3 is 2. The van der Waals surface area contributed by atoms with Crippen LogP contribution in [0, 0.1) is 5.41 Å². The molecule has 3 aromatic rings. The fraction of sp³-hybridized carbons (Fsp3) is 0.463. The summed E-state index contributed by atoms with van der Waals surface area (Å²) in [5.74, 6) is 0.496. The van der Waals surface area contributed by atoms with E-state index in [-0.39, 0.29) is 24.3 Å². The van der Waals surface area contributed by atoms with Crippen LogP contribution in [0.5, 0.6) is 5.75 Å². The zero-order chi connectivity index (χ0) is 35.0. The lowest BCUT2D eigenvalue weighted by molar-refractivity contribution is -0.0767. The van der Waals surface area contributed by atoms with Crippen LogP contribution in [0.4, 0.5) is 10.5 Å². The molecule has 0 unspecified atom stereocenters. The molecule has 3 aliphatic rings. The summed E-state index contributed by atoms with van der Waals surface area (Å²) in [4.78, 5) is 29.8. The van der Waals surface area contributed by atoms with Crippen molar-refractivity contribution in [2.75, 3.05) is 39.2 Å². The number of hydrogen-bond donors (Lipinski definition) is 3. The maximum Gasteiger partial charge on any atom is 0.321 e. The van der Waals surface area contributed by atoms with Gasteiger partial charge >= 0.3 is 6.03 Å². The third-order valence-corrected chi connectivity index (χ3v) is 10.8. The summed E-state index contributed by atoms with van der Waals surface area (Å²) in [5.41, 5.74) is 3.01. The number of nitrogens with zero attached hydrogens (tertiary/aromatic N) is 1. The van der Waals surface area contributed by atoms with Gasteiger partial charge in [-0.3, -0.25) is 4.79 Å². The van der Waals surface area contributed by atoms with Crippen molar-refractivity contribution < 1.29 is 29.3 Å². The van der Waals surface area contributed by atoms with Gasteiger partial charge in [-0.25, -0.2) is 4.79 Å². The van der Waals surface area contributed by atoms with Crippen LogP contribution in [0.3, 0.4) is 0 Å². The standard InChI is InChI=1S/C41H52N2O6/c1-29-10-8-22-40(2)37(35-20-14-30(26-33(44)17-13-29)27-36(35)38(45)31-11-6-5-7-12-31)21-23-41(40,47)28-43(24-9-25-48-3)39(46)42-32-15-18-34(49-4)19-16-32/h5-7,10-12,14-16,18-20,27,33,37,44,47H,8-9,13,17,21-26,28H2,1-4H3,(H,42,46)/t33-,37-,40-,41+/m0/s1. The Morgan fingerprint density at radius 2 is 1.76 bits per heavy atom. The van der Waals surface area contributed by atoms with Gasteiger partial charge in [0.2, 0.25) is 0 Å². The molecule has 0 aromatic heterocycles.